The van der Waals surface area contributed by atoms with Crippen LogP contribution in [-0.4, -0.2) is 71.4 Å². The number of methoxy groups -OCH3 is 1. The van der Waals surface area contributed by atoms with Gasteiger partial charge in [-0.1, -0.05) is 42.5 Å². The third kappa shape index (κ3) is 6.15. The van der Waals surface area contributed by atoms with Crippen molar-refractivity contribution in [1.29, 1.82) is 0 Å². The maximum atomic E-state index is 13.2. The number of hydrogen-bond acceptors (Lipinski definition) is 6. The second kappa shape index (κ2) is 11.5. The number of carbonyl (C=O) groups excluding carboxylic acids is 2. The lowest BCUT2D eigenvalue weighted by Crippen LogP contribution is -2.49. The third-order valence-corrected chi connectivity index (χ3v) is 6.16. The van der Waals surface area contributed by atoms with E-state index < -0.39 is 0 Å². The molecule has 4 rings (SSSR count). The standard InChI is InChI=1S/C27H31N5O3/c1-21-18-29-23(19-28-21)27(34)32(20-22-8-4-3-5-9-22)13-12-26(33)31-16-14-30(15-17-31)24-10-6-7-11-25(24)35-2/h3-11,18-19H,12-17,20H2,1-2H3. The van der Waals surface area contributed by atoms with Crippen LogP contribution in [0.15, 0.2) is 67.0 Å². The fraction of sp³-hybridized carbons (Fsp3) is 0.333. The van der Waals surface area contributed by atoms with E-state index >= 15 is 0 Å². The van der Waals surface area contributed by atoms with Gasteiger partial charge in [0.05, 0.1) is 24.7 Å². The van der Waals surface area contributed by atoms with Crippen molar-refractivity contribution in [1.82, 2.24) is 19.8 Å². The molecule has 182 valence electrons. The summed E-state index contributed by atoms with van der Waals surface area (Å²) in [5.41, 5.74) is 3.07. The zero-order valence-corrected chi connectivity index (χ0v) is 20.3. The van der Waals surface area contributed by atoms with Crippen molar-refractivity contribution in [3.05, 3.63) is 83.9 Å². The van der Waals surface area contributed by atoms with Crippen LogP contribution in [0, 0.1) is 6.92 Å². The Morgan fingerprint density at radius 1 is 0.943 bits per heavy atom. The molecule has 0 bridgehead atoms. The zero-order valence-electron chi connectivity index (χ0n) is 20.3. The summed E-state index contributed by atoms with van der Waals surface area (Å²) in [4.78, 5) is 40.5. The molecule has 0 atom stereocenters. The van der Waals surface area contributed by atoms with Gasteiger partial charge in [-0.2, -0.15) is 0 Å². The highest BCUT2D eigenvalue weighted by Crippen LogP contribution is 2.28. The minimum atomic E-state index is -0.227. The van der Waals surface area contributed by atoms with Gasteiger partial charge in [0.25, 0.3) is 5.91 Å². The molecule has 0 spiro atoms. The van der Waals surface area contributed by atoms with E-state index in [1.807, 2.05) is 66.4 Å². The number of amides is 2. The number of carbonyl (C=O) groups is 2. The number of anilines is 1. The number of para-hydroxylation sites is 2. The van der Waals surface area contributed by atoms with Gasteiger partial charge < -0.3 is 19.4 Å². The van der Waals surface area contributed by atoms with E-state index in [4.69, 9.17) is 4.74 Å². The van der Waals surface area contributed by atoms with E-state index in [9.17, 15) is 9.59 Å². The number of ether oxygens (including phenoxy) is 1. The number of hydrogen-bond donors (Lipinski definition) is 0. The van der Waals surface area contributed by atoms with Crippen LogP contribution < -0.4 is 9.64 Å². The van der Waals surface area contributed by atoms with Crippen LogP contribution in [0.3, 0.4) is 0 Å². The molecule has 2 amide bonds. The molecule has 2 heterocycles. The van der Waals surface area contributed by atoms with Crippen LogP contribution in [0.4, 0.5) is 5.69 Å². The molecule has 0 aliphatic carbocycles. The Bertz CT molecular complexity index is 1130. The molecule has 2 aromatic carbocycles. The molecule has 1 aliphatic heterocycles. The van der Waals surface area contributed by atoms with Crippen LogP contribution >= 0.6 is 0 Å². The number of aromatic nitrogens is 2. The molecule has 1 saturated heterocycles. The molecule has 0 saturated carbocycles. The number of aryl methyl sites for hydroxylation is 1. The van der Waals surface area contributed by atoms with E-state index in [-0.39, 0.29) is 23.9 Å². The van der Waals surface area contributed by atoms with Crippen LogP contribution in [0.25, 0.3) is 0 Å². The number of nitrogens with zero attached hydrogens (tertiary/aromatic N) is 5. The molecule has 1 aromatic heterocycles. The zero-order chi connectivity index (χ0) is 24.6. The van der Waals surface area contributed by atoms with Crippen LogP contribution in [0.5, 0.6) is 5.75 Å². The Kier molecular flexibility index (Phi) is 7.92. The molecule has 8 heteroatoms. The molecule has 1 fully saturated rings. The highest BCUT2D eigenvalue weighted by Gasteiger charge is 2.25. The molecule has 0 radical (unpaired) electrons. The van der Waals surface area contributed by atoms with Gasteiger partial charge in [-0.05, 0) is 24.6 Å². The van der Waals surface area contributed by atoms with Gasteiger partial charge in [-0.3, -0.25) is 14.6 Å². The summed E-state index contributed by atoms with van der Waals surface area (Å²) in [5.74, 6) is 0.655. The minimum Gasteiger partial charge on any atom is -0.495 e. The van der Waals surface area contributed by atoms with Crippen molar-refractivity contribution in [3.63, 3.8) is 0 Å². The van der Waals surface area contributed by atoms with Gasteiger partial charge in [-0.15, -0.1) is 0 Å². The predicted molar refractivity (Wildman–Crippen MR) is 134 cm³/mol. The lowest BCUT2D eigenvalue weighted by molar-refractivity contribution is -0.131. The molecule has 1 aliphatic rings. The van der Waals surface area contributed by atoms with Crippen LogP contribution in [0.1, 0.15) is 28.2 Å². The van der Waals surface area contributed by atoms with Gasteiger partial charge in [0.15, 0.2) is 0 Å². The fourth-order valence-electron chi connectivity index (χ4n) is 4.20. The third-order valence-electron chi connectivity index (χ3n) is 6.16. The van der Waals surface area contributed by atoms with Crippen molar-refractivity contribution >= 4 is 17.5 Å². The van der Waals surface area contributed by atoms with Gasteiger partial charge in [-0.25, -0.2) is 4.98 Å². The van der Waals surface area contributed by atoms with E-state index in [0.29, 0.717) is 26.2 Å². The fourth-order valence-corrected chi connectivity index (χ4v) is 4.20. The molecule has 0 N–H and O–H groups in total. The molecule has 8 nitrogen and oxygen atoms in total. The number of piperazine rings is 1. The second-order valence-corrected chi connectivity index (χ2v) is 8.55. The highest BCUT2D eigenvalue weighted by atomic mass is 16.5. The number of benzene rings is 2. The second-order valence-electron chi connectivity index (χ2n) is 8.55. The summed E-state index contributed by atoms with van der Waals surface area (Å²) in [7, 11) is 1.67. The summed E-state index contributed by atoms with van der Waals surface area (Å²) >= 11 is 0. The maximum absolute atomic E-state index is 13.2. The Balaban J connectivity index is 1.37. The smallest absolute Gasteiger partial charge is 0.274 e. The van der Waals surface area contributed by atoms with Crippen molar-refractivity contribution in [3.8, 4) is 5.75 Å². The molecular weight excluding hydrogens is 442 g/mol. The van der Waals surface area contributed by atoms with Gasteiger partial charge in [0.1, 0.15) is 11.4 Å². The quantitative estimate of drug-likeness (QED) is 0.500. The predicted octanol–water partition coefficient (Wildman–Crippen LogP) is 3.17. The van der Waals surface area contributed by atoms with Gasteiger partial charge in [0, 0.05) is 51.9 Å². The molecule has 0 unspecified atom stereocenters. The topological polar surface area (TPSA) is 78.9 Å². The Morgan fingerprint density at radius 3 is 2.34 bits per heavy atom. The average Bonchev–Trinajstić information content (AvgIpc) is 2.91. The summed E-state index contributed by atoms with van der Waals surface area (Å²) in [6.45, 7) is 5.28. The summed E-state index contributed by atoms with van der Waals surface area (Å²) in [5, 5.41) is 0. The van der Waals surface area contributed by atoms with Crippen LogP contribution in [-0.2, 0) is 11.3 Å². The Labute approximate surface area is 206 Å². The summed E-state index contributed by atoms with van der Waals surface area (Å²) in [6.07, 6.45) is 3.33. The SMILES string of the molecule is COc1ccccc1N1CCN(C(=O)CCN(Cc2ccccc2)C(=O)c2cnc(C)cn2)CC1. The van der Waals surface area contributed by atoms with Gasteiger partial charge >= 0.3 is 0 Å². The van der Waals surface area contributed by atoms with Crippen molar-refractivity contribution in [2.75, 3.05) is 44.7 Å². The first-order valence-corrected chi connectivity index (χ1v) is 11.8. The van der Waals surface area contributed by atoms with E-state index in [0.717, 1.165) is 35.8 Å². The van der Waals surface area contributed by atoms with E-state index in [1.165, 1.54) is 6.20 Å². The van der Waals surface area contributed by atoms with Crippen LogP contribution in [0.2, 0.25) is 0 Å². The summed E-state index contributed by atoms with van der Waals surface area (Å²) < 4.78 is 5.48. The maximum Gasteiger partial charge on any atom is 0.274 e. The van der Waals surface area contributed by atoms with E-state index in [1.54, 1.807) is 18.2 Å². The number of rotatable bonds is 8. The Hall–Kier alpha value is -3.94. The monoisotopic (exact) mass is 473 g/mol. The molecule has 35 heavy (non-hydrogen) atoms. The largest absolute Gasteiger partial charge is 0.495 e. The van der Waals surface area contributed by atoms with Crippen molar-refractivity contribution in [2.45, 2.75) is 19.9 Å². The van der Waals surface area contributed by atoms with Crippen molar-refractivity contribution in [2.24, 2.45) is 0 Å². The van der Waals surface area contributed by atoms with Crippen molar-refractivity contribution < 1.29 is 14.3 Å². The minimum absolute atomic E-state index is 0.0468. The summed E-state index contributed by atoms with van der Waals surface area (Å²) in [6, 6.07) is 17.7. The normalized spacial score (nSPS) is 13.4. The first kappa shape index (κ1) is 24.2. The lowest BCUT2D eigenvalue weighted by atomic mass is 10.2. The van der Waals surface area contributed by atoms with Gasteiger partial charge in [0.2, 0.25) is 5.91 Å². The highest BCUT2D eigenvalue weighted by molar-refractivity contribution is 5.92. The van der Waals surface area contributed by atoms with E-state index in [2.05, 4.69) is 14.9 Å². The lowest BCUT2D eigenvalue weighted by Gasteiger charge is -2.37. The first-order chi connectivity index (χ1) is 17.0. The molecule has 3 aromatic rings. The first-order valence-electron chi connectivity index (χ1n) is 11.8. The Morgan fingerprint density at radius 2 is 1.66 bits per heavy atom. The average molecular weight is 474 g/mol. The molecular formula is C27H31N5O3.